The third-order valence-electron chi connectivity index (χ3n) is 9.69. The minimum atomic E-state index is -0.102. The summed E-state index contributed by atoms with van der Waals surface area (Å²) in [6.45, 7) is 11.7. The third kappa shape index (κ3) is 3.48. The molecule has 1 unspecified atom stereocenters. The summed E-state index contributed by atoms with van der Waals surface area (Å²) in [6, 6.07) is 0. The zero-order chi connectivity index (χ0) is 21.0. The van der Waals surface area contributed by atoms with Gasteiger partial charge in [0.1, 0.15) is 0 Å². The van der Waals surface area contributed by atoms with Gasteiger partial charge in [0, 0.05) is 12.0 Å². The van der Waals surface area contributed by atoms with E-state index in [4.69, 9.17) is 0 Å². The molecule has 0 spiro atoms. The number of aliphatic hydroxyl groups is 1. The Kier molecular flexibility index (Phi) is 5.64. The number of carbonyl (C=O) groups excluding carboxylic acids is 1. The molecule has 0 heterocycles. The first-order valence-corrected chi connectivity index (χ1v) is 12.2. The van der Waals surface area contributed by atoms with E-state index >= 15 is 0 Å². The quantitative estimate of drug-likeness (QED) is 0.539. The monoisotopic (exact) mass is 398 g/mol. The molecule has 7 atom stereocenters. The van der Waals surface area contributed by atoms with Crippen molar-refractivity contribution in [3.05, 3.63) is 22.8 Å². The summed E-state index contributed by atoms with van der Waals surface area (Å²) in [5.74, 6) is 2.82. The predicted octanol–water partition coefficient (Wildman–Crippen LogP) is 6.63. The largest absolute Gasteiger partial charge is 0.393 e. The number of hydrogen-bond donors (Lipinski definition) is 1. The summed E-state index contributed by atoms with van der Waals surface area (Å²) in [7, 11) is 0. The van der Waals surface area contributed by atoms with Gasteiger partial charge in [-0.3, -0.25) is 4.79 Å². The van der Waals surface area contributed by atoms with Crippen LogP contribution in [-0.2, 0) is 4.79 Å². The summed E-state index contributed by atoms with van der Waals surface area (Å²) in [5.41, 5.74) is 4.63. The summed E-state index contributed by atoms with van der Waals surface area (Å²) >= 11 is 0. The Morgan fingerprint density at radius 3 is 2.69 bits per heavy atom. The van der Waals surface area contributed by atoms with Crippen LogP contribution in [0, 0.1) is 34.5 Å². The Hall–Kier alpha value is -0.890. The van der Waals surface area contributed by atoms with E-state index in [1.54, 1.807) is 5.57 Å². The average molecular weight is 399 g/mol. The number of carbonyl (C=O) groups is 1. The Labute approximate surface area is 178 Å². The SMILES string of the molecule is CC(C)=CCC[C@@H](C)[C@H]1CC(=O)C2=C3CC[C@H]4CC(O)CC[C@]4(C)[C@H]3CC[C@@]21C. The fourth-order valence-corrected chi connectivity index (χ4v) is 8.01. The third-order valence-corrected chi connectivity index (χ3v) is 9.69. The van der Waals surface area contributed by atoms with Crippen LogP contribution < -0.4 is 0 Å². The lowest BCUT2D eigenvalue weighted by atomic mass is 9.48. The molecule has 162 valence electrons. The predicted molar refractivity (Wildman–Crippen MR) is 119 cm³/mol. The van der Waals surface area contributed by atoms with Gasteiger partial charge in [-0.05, 0) is 106 Å². The van der Waals surface area contributed by atoms with Gasteiger partial charge in [-0.25, -0.2) is 0 Å². The smallest absolute Gasteiger partial charge is 0.159 e. The lowest BCUT2D eigenvalue weighted by Gasteiger charge is -2.56. The molecule has 2 nitrogen and oxygen atoms in total. The van der Waals surface area contributed by atoms with Crippen molar-refractivity contribution in [3.8, 4) is 0 Å². The molecular weight excluding hydrogens is 356 g/mol. The highest BCUT2D eigenvalue weighted by molar-refractivity contribution is 6.00. The van der Waals surface area contributed by atoms with Crippen LogP contribution >= 0.6 is 0 Å². The summed E-state index contributed by atoms with van der Waals surface area (Å²) < 4.78 is 0. The highest BCUT2D eigenvalue weighted by atomic mass is 16.3. The van der Waals surface area contributed by atoms with Crippen molar-refractivity contribution in [1.82, 2.24) is 0 Å². The van der Waals surface area contributed by atoms with Crippen LogP contribution in [0.2, 0.25) is 0 Å². The van der Waals surface area contributed by atoms with Crippen molar-refractivity contribution in [2.45, 2.75) is 105 Å². The maximum Gasteiger partial charge on any atom is 0.159 e. The molecule has 0 amide bonds. The first-order valence-electron chi connectivity index (χ1n) is 12.2. The van der Waals surface area contributed by atoms with E-state index in [9.17, 15) is 9.90 Å². The van der Waals surface area contributed by atoms with E-state index in [1.165, 1.54) is 36.8 Å². The number of rotatable bonds is 4. The van der Waals surface area contributed by atoms with Gasteiger partial charge < -0.3 is 5.11 Å². The van der Waals surface area contributed by atoms with E-state index in [2.05, 4.69) is 40.7 Å². The Morgan fingerprint density at radius 2 is 1.97 bits per heavy atom. The van der Waals surface area contributed by atoms with Gasteiger partial charge in [-0.1, -0.05) is 38.0 Å². The van der Waals surface area contributed by atoms with E-state index < -0.39 is 0 Å². The molecule has 1 N–H and O–H groups in total. The second-order valence-corrected chi connectivity index (χ2v) is 11.6. The highest BCUT2D eigenvalue weighted by Gasteiger charge is 2.57. The minimum Gasteiger partial charge on any atom is -0.393 e. The van der Waals surface area contributed by atoms with Crippen molar-refractivity contribution in [3.63, 3.8) is 0 Å². The fourth-order valence-electron chi connectivity index (χ4n) is 8.01. The molecule has 4 rings (SSSR count). The molecule has 0 radical (unpaired) electrons. The van der Waals surface area contributed by atoms with Crippen LogP contribution in [0.5, 0.6) is 0 Å². The molecule has 0 saturated heterocycles. The normalized spacial score (nSPS) is 42.8. The molecule has 0 aromatic heterocycles. The van der Waals surface area contributed by atoms with E-state index in [-0.39, 0.29) is 11.5 Å². The van der Waals surface area contributed by atoms with Crippen molar-refractivity contribution < 1.29 is 9.90 Å². The van der Waals surface area contributed by atoms with Gasteiger partial charge in [0.2, 0.25) is 0 Å². The zero-order valence-corrected chi connectivity index (χ0v) is 19.4. The molecule has 0 aromatic carbocycles. The van der Waals surface area contributed by atoms with Crippen LogP contribution in [0.15, 0.2) is 22.8 Å². The summed E-state index contributed by atoms with van der Waals surface area (Å²) in [4.78, 5) is 13.4. The Bertz CT molecular complexity index is 727. The van der Waals surface area contributed by atoms with Crippen LogP contribution in [0.1, 0.15) is 98.8 Å². The number of allylic oxidation sites excluding steroid dienone is 4. The first kappa shape index (κ1) is 21.3. The fraction of sp³-hybridized carbons (Fsp3) is 0.815. The number of ketones is 1. The second kappa shape index (κ2) is 7.66. The number of aliphatic hydroxyl groups excluding tert-OH is 1. The minimum absolute atomic E-state index is 0.102. The molecular formula is C27H42O2. The number of fused-ring (bicyclic) bond motifs is 4. The van der Waals surface area contributed by atoms with Crippen LogP contribution in [0.4, 0.5) is 0 Å². The Morgan fingerprint density at radius 1 is 1.21 bits per heavy atom. The van der Waals surface area contributed by atoms with Crippen molar-refractivity contribution >= 4 is 5.78 Å². The first-order chi connectivity index (χ1) is 13.7. The average Bonchev–Trinajstić information content (AvgIpc) is 2.93. The molecule has 29 heavy (non-hydrogen) atoms. The summed E-state index contributed by atoms with van der Waals surface area (Å²) in [5, 5.41) is 10.2. The van der Waals surface area contributed by atoms with Gasteiger partial charge in [0.15, 0.2) is 5.78 Å². The molecule has 3 fully saturated rings. The van der Waals surface area contributed by atoms with Gasteiger partial charge in [-0.2, -0.15) is 0 Å². The topological polar surface area (TPSA) is 37.3 Å². The van der Waals surface area contributed by atoms with E-state index in [0.29, 0.717) is 34.9 Å². The van der Waals surface area contributed by atoms with Crippen molar-refractivity contribution in [2.24, 2.45) is 34.5 Å². The molecule has 3 saturated carbocycles. The molecule has 4 aliphatic rings. The van der Waals surface area contributed by atoms with Crippen LogP contribution in [0.3, 0.4) is 0 Å². The molecule has 0 aromatic rings. The second-order valence-electron chi connectivity index (χ2n) is 11.6. The maximum absolute atomic E-state index is 13.4. The Balaban J connectivity index is 1.62. The maximum atomic E-state index is 13.4. The van der Waals surface area contributed by atoms with Crippen molar-refractivity contribution in [1.29, 1.82) is 0 Å². The standard InChI is InChI=1S/C27H42O2/c1-17(2)7-6-8-18(3)23-16-24(29)25-21-10-9-19-15-20(28)11-13-26(19,4)22(21)12-14-27(23,25)5/h7,18-20,22-23,28H,6,8-16H2,1-5H3/t18-,19+,20?,22+,23-,26+,27-/m1/s1. The van der Waals surface area contributed by atoms with E-state index in [1.807, 2.05) is 0 Å². The van der Waals surface area contributed by atoms with Gasteiger partial charge in [0.25, 0.3) is 0 Å². The zero-order valence-electron chi connectivity index (χ0n) is 19.4. The number of hydrogen-bond acceptors (Lipinski definition) is 2. The van der Waals surface area contributed by atoms with Crippen molar-refractivity contribution in [2.75, 3.05) is 0 Å². The lowest BCUT2D eigenvalue weighted by molar-refractivity contribution is -0.115. The van der Waals surface area contributed by atoms with E-state index in [0.717, 1.165) is 38.5 Å². The van der Waals surface area contributed by atoms with Gasteiger partial charge in [0.05, 0.1) is 6.10 Å². The number of Topliss-reactive ketones (excluding diaryl/α,β-unsaturated/α-hetero) is 1. The summed E-state index contributed by atoms with van der Waals surface area (Å²) in [6.07, 6.45) is 13.1. The molecule has 0 bridgehead atoms. The van der Waals surface area contributed by atoms with Gasteiger partial charge in [-0.15, -0.1) is 0 Å². The van der Waals surface area contributed by atoms with Gasteiger partial charge >= 0.3 is 0 Å². The molecule has 4 aliphatic carbocycles. The highest BCUT2D eigenvalue weighted by Crippen LogP contribution is 2.65. The molecule has 2 heteroatoms. The molecule has 0 aliphatic heterocycles. The van der Waals surface area contributed by atoms with Crippen LogP contribution in [-0.4, -0.2) is 17.0 Å². The lowest BCUT2D eigenvalue weighted by Crippen LogP contribution is -2.48. The van der Waals surface area contributed by atoms with Crippen LogP contribution in [0.25, 0.3) is 0 Å².